The zero-order valence-corrected chi connectivity index (χ0v) is 8.60. The molecule has 3 heteroatoms. The molecule has 2 atom stereocenters. The van der Waals surface area contributed by atoms with Crippen LogP contribution in [0.4, 0.5) is 0 Å². The number of amides is 1. The molecule has 0 spiro atoms. The van der Waals surface area contributed by atoms with Gasteiger partial charge < -0.3 is 4.90 Å². The molecule has 15 heavy (non-hydrogen) atoms. The van der Waals surface area contributed by atoms with Crippen molar-refractivity contribution in [2.45, 2.75) is 37.8 Å². The third-order valence-electron chi connectivity index (χ3n) is 3.44. The largest absolute Gasteiger partial charge is 0.327 e. The van der Waals surface area contributed by atoms with Crippen LogP contribution in [0.1, 0.15) is 36.2 Å². The second kappa shape index (κ2) is 3.33. The van der Waals surface area contributed by atoms with Gasteiger partial charge in [0.1, 0.15) is 5.69 Å². The maximum absolute atomic E-state index is 12.0. The number of aromatic nitrogens is 1. The zero-order valence-electron chi connectivity index (χ0n) is 8.60. The Balaban J connectivity index is 1.77. The van der Waals surface area contributed by atoms with Gasteiger partial charge in [-0.2, -0.15) is 0 Å². The number of carbonyl (C=O) groups excluding carboxylic acids is 1. The molecular weight excluding hydrogens is 188 g/mol. The third kappa shape index (κ3) is 1.42. The molecule has 2 fully saturated rings. The molecular formula is C12H14N2O. The molecule has 1 saturated heterocycles. The Morgan fingerprint density at radius 2 is 2.00 bits per heavy atom. The highest BCUT2D eigenvalue weighted by Gasteiger charge is 2.51. The smallest absolute Gasteiger partial charge is 0.273 e. The maximum atomic E-state index is 12.0. The number of likely N-dealkylation sites (tertiary alicyclic amines) is 1. The van der Waals surface area contributed by atoms with E-state index in [1.807, 2.05) is 17.0 Å². The maximum Gasteiger partial charge on any atom is 0.273 e. The molecule has 0 unspecified atom stereocenters. The quantitative estimate of drug-likeness (QED) is 0.651. The minimum atomic E-state index is 0.118. The van der Waals surface area contributed by atoms with E-state index in [-0.39, 0.29) is 5.91 Å². The van der Waals surface area contributed by atoms with Crippen LogP contribution in [0.15, 0.2) is 24.4 Å². The summed E-state index contributed by atoms with van der Waals surface area (Å²) in [6, 6.07) is 6.55. The van der Waals surface area contributed by atoms with E-state index >= 15 is 0 Å². The minimum absolute atomic E-state index is 0.118. The van der Waals surface area contributed by atoms with Crippen molar-refractivity contribution < 1.29 is 4.79 Å². The van der Waals surface area contributed by atoms with E-state index in [2.05, 4.69) is 4.98 Å². The molecule has 3 rings (SSSR count). The van der Waals surface area contributed by atoms with Crippen LogP contribution in [0.3, 0.4) is 0 Å². The summed E-state index contributed by atoms with van der Waals surface area (Å²) in [5.74, 6) is 0.118. The third-order valence-corrected chi connectivity index (χ3v) is 3.44. The van der Waals surface area contributed by atoms with E-state index in [4.69, 9.17) is 0 Å². The highest BCUT2D eigenvalue weighted by molar-refractivity contribution is 5.94. The zero-order chi connectivity index (χ0) is 10.3. The molecule has 2 aliphatic rings. The molecule has 1 amide bonds. The molecule has 3 nitrogen and oxygen atoms in total. The molecule has 0 aromatic carbocycles. The van der Waals surface area contributed by atoms with Crippen LogP contribution >= 0.6 is 0 Å². The van der Waals surface area contributed by atoms with Crippen molar-refractivity contribution in [1.82, 2.24) is 9.88 Å². The van der Waals surface area contributed by atoms with Crippen molar-refractivity contribution in [2.24, 2.45) is 0 Å². The summed E-state index contributed by atoms with van der Waals surface area (Å²) >= 11 is 0. The highest BCUT2D eigenvalue weighted by atomic mass is 16.2. The van der Waals surface area contributed by atoms with Gasteiger partial charge in [-0.25, -0.2) is 0 Å². The van der Waals surface area contributed by atoms with Crippen LogP contribution in [0.25, 0.3) is 0 Å². The van der Waals surface area contributed by atoms with Crippen LogP contribution in [0, 0.1) is 0 Å². The second-order valence-electron chi connectivity index (χ2n) is 4.35. The molecule has 1 saturated carbocycles. The molecule has 1 aromatic heterocycles. The summed E-state index contributed by atoms with van der Waals surface area (Å²) < 4.78 is 0. The lowest BCUT2D eigenvalue weighted by Crippen LogP contribution is -2.15. The SMILES string of the molecule is O=C(c1ccccn1)N1[C@@H]2CCCC[C@@H]21. The molecule has 0 bridgehead atoms. The van der Waals surface area contributed by atoms with Crippen LogP contribution in [0.5, 0.6) is 0 Å². The topological polar surface area (TPSA) is 33.0 Å². The number of hydrogen-bond donors (Lipinski definition) is 0. The van der Waals surface area contributed by atoms with Crippen molar-refractivity contribution in [3.8, 4) is 0 Å². The van der Waals surface area contributed by atoms with Gasteiger partial charge in [-0.05, 0) is 25.0 Å². The first-order chi connectivity index (χ1) is 7.38. The number of fused-ring (bicyclic) bond motifs is 1. The van der Waals surface area contributed by atoms with Gasteiger partial charge in [-0.15, -0.1) is 0 Å². The molecule has 1 aromatic rings. The molecule has 0 radical (unpaired) electrons. The van der Waals surface area contributed by atoms with Crippen molar-refractivity contribution in [2.75, 3.05) is 0 Å². The number of nitrogens with zero attached hydrogens (tertiary/aromatic N) is 2. The first-order valence-corrected chi connectivity index (χ1v) is 5.61. The number of carbonyl (C=O) groups is 1. The van der Waals surface area contributed by atoms with Gasteiger partial charge in [0.2, 0.25) is 0 Å². The molecule has 2 heterocycles. The summed E-state index contributed by atoms with van der Waals surface area (Å²) in [5.41, 5.74) is 0.590. The lowest BCUT2D eigenvalue weighted by atomic mass is 10.0. The first kappa shape index (κ1) is 8.89. The average Bonchev–Trinajstić information content (AvgIpc) is 3.03. The fraction of sp³-hybridized carbons (Fsp3) is 0.500. The van der Waals surface area contributed by atoms with E-state index in [0.717, 1.165) is 0 Å². The minimum Gasteiger partial charge on any atom is -0.327 e. The standard InChI is InChI=1S/C12H14N2O/c15-12(9-5-3-4-8-13-9)14-10-6-1-2-7-11(10)14/h3-5,8,10-11H,1-2,6-7H2/t10-,11+,14?. The summed E-state index contributed by atoms with van der Waals surface area (Å²) in [7, 11) is 0. The van der Waals surface area contributed by atoms with Gasteiger partial charge in [0, 0.05) is 6.20 Å². The number of hydrogen-bond acceptors (Lipinski definition) is 2. The molecule has 0 N–H and O–H groups in total. The van der Waals surface area contributed by atoms with E-state index in [1.165, 1.54) is 25.7 Å². The fourth-order valence-corrected chi connectivity index (χ4v) is 2.63. The van der Waals surface area contributed by atoms with Gasteiger partial charge in [0.15, 0.2) is 0 Å². The number of pyridine rings is 1. The summed E-state index contributed by atoms with van der Waals surface area (Å²) in [6.45, 7) is 0. The van der Waals surface area contributed by atoms with Gasteiger partial charge in [-0.1, -0.05) is 18.9 Å². The number of rotatable bonds is 1. The summed E-state index contributed by atoms with van der Waals surface area (Å²) in [6.07, 6.45) is 6.59. The Hall–Kier alpha value is -1.38. The van der Waals surface area contributed by atoms with Crippen LogP contribution < -0.4 is 0 Å². The normalized spacial score (nSPS) is 28.4. The molecule has 78 valence electrons. The Kier molecular flexibility index (Phi) is 1.97. The van der Waals surface area contributed by atoms with Crippen LogP contribution in [-0.2, 0) is 0 Å². The average molecular weight is 202 g/mol. The van der Waals surface area contributed by atoms with Crippen molar-refractivity contribution in [3.63, 3.8) is 0 Å². The van der Waals surface area contributed by atoms with Gasteiger partial charge >= 0.3 is 0 Å². The van der Waals surface area contributed by atoms with Crippen molar-refractivity contribution in [3.05, 3.63) is 30.1 Å². The Morgan fingerprint density at radius 3 is 2.60 bits per heavy atom. The predicted octanol–water partition coefficient (Wildman–Crippen LogP) is 1.85. The van der Waals surface area contributed by atoms with Gasteiger partial charge in [-0.3, -0.25) is 9.78 Å². The Morgan fingerprint density at radius 1 is 1.27 bits per heavy atom. The van der Waals surface area contributed by atoms with E-state index in [9.17, 15) is 4.79 Å². The monoisotopic (exact) mass is 202 g/mol. The summed E-state index contributed by atoms with van der Waals surface area (Å²) in [5, 5.41) is 0. The van der Waals surface area contributed by atoms with Crippen LogP contribution in [-0.4, -0.2) is 27.9 Å². The Labute approximate surface area is 89.1 Å². The van der Waals surface area contributed by atoms with E-state index in [1.54, 1.807) is 12.3 Å². The molecule has 1 aliphatic carbocycles. The Bertz CT molecular complexity index is 364. The van der Waals surface area contributed by atoms with Crippen LogP contribution in [0.2, 0.25) is 0 Å². The van der Waals surface area contributed by atoms with Crippen molar-refractivity contribution >= 4 is 5.91 Å². The van der Waals surface area contributed by atoms with Gasteiger partial charge in [0.25, 0.3) is 5.91 Å². The lowest BCUT2D eigenvalue weighted by molar-refractivity contribution is 0.0859. The summed E-state index contributed by atoms with van der Waals surface area (Å²) in [4.78, 5) is 18.2. The highest BCUT2D eigenvalue weighted by Crippen LogP contribution is 2.41. The second-order valence-corrected chi connectivity index (χ2v) is 4.35. The van der Waals surface area contributed by atoms with Crippen molar-refractivity contribution in [1.29, 1.82) is 0 Å². The van der Waals surface area contributed by atoms with Gasteiger partial charge in [0.05, 0.1) is 12.1 Å². The lowest BCUT2D eigenvalue weighted by Gasteiger charge is -2.01. The van der Waals surface area contributed by atoms with E-state index in [0.29, 0.717) is 17.8 Å². The molecule has 1 aliphatic heterocycles. The van der Waals surface area contributed by atoms with E-state index < -0.39 is 0 Å². The fourth-order valence-electron chi connectivity index (χ4n) is 2.63. The first-order valence-electron chi connectivity index (χ1n) is 5.61. The predicted molar refractivity (Wildman–Crippen MR) is 56.5 cm³/mol.